The lowest BCUT2D eigenvalue weighted by Gasteiger charge is -1.98. The minimum atomic E-state index is 0.694. The Morgan fingerprint density at radius 2 is 0.917 bits per heavy atom. The van der Waals surface area contributed by atoms with Crippen LogP contribution in [0.5, 0.6) is 0 Å². The molecule has 0 radical (unpaired) electrons. The van der Waals surface area contributed by atoms with Crippen molar-refractivity contribution in [2.24, 2.45) is 11.5 Å². The van der Waals surface area contributed by atoms with Crippen molar-refractivity contribution in [3.63, 3.8) is 0 Å². The molecule has 2 aromatic rings. The van der Waals surface area contributed by atoms with Gasteiger partial charge in [0, 0.05) is 0 Å². The minimum Gasteiger partial charge on any atom is -0.330 e. The highest BCUT2D eigenvalue weighted by Crippen LogP contribution is 2.08. The van der Waals surface area contributed by atoms with E-state index in [0.717, 1.165) is 12.8 Å². The second-order valence-corrected chi connectivity index (χ2v) is 5.66. The van der Waals surface area contributed by atoms with E-state index in [1.165, 1.54) is 22.3 Å². The van der Waals surface area contributed by atoms with E-state index in [1.54, 1.807) is 0 Å². The minimum absolute atomic E-state index is 0.694. The molecule has 24 heavy (non-hydrogen) atoms. The highest BCUT2D eigenvalue weighted by atomic mass is 14.5. The summed E-state index contributed by atoms with van der Waals surface area (Å²) in [4.78, 5) is 0. The van der Waals surface area contributed by atoms with Gasteiger partial charge in [0.05, 0.1) is 0 Å². The van der Waals surface area contributed by atoms with Crippen LogP contribution in [0.4, 0.5) is 0 Å². The standard InChI is InChI=1S/C22H26N2/c23-17-15-21-11-7-19(8-12-21)5-3-1-2-4-6-20-9-13-22(14-10-20)16-18-24/h1-14H,15-18,23-24H2/b2-1+,5-3+,6-4+. The first-order valence-corrected chi connectivity index (χ1v) is 8.41. The molecule has 0 aliphatic heterocycles. The van der Waals surface area contributed by atoms with Gasteiger partial charge in [-0.3, -0.25) is 0 Å². The van der Waals surface area contributed by atoms with Crippen LogP contribution in [0, 0.1) is 0 Å². The molecule has 0 aliphatic rings. The fraction of sp³-hybridized carbons (Fsp3) is 0.182. The first kappa shape index (κ1) is 17.9. The van der Waals surface area contributed by atoms with E-state index in [0.29, 0.717) is 13.1 Å². The van der Waals surface area contributed by atoms with Crippen LogP contribution in [0.25, 0.3) is 12.2 Å². The molecule has 0 amide bonds. The van der Waals surface area contributed by atoms with Crippen LogP contribution in [0.1, 0.15) is 22.3 Å². The van der Waals surface area contributed by atoms with Crippen molar-refractivity contribution >= 4 is 12.2 Å². The summed E-state index contributed by atoms with van der Waals surface area (Å²) in [6.07, 6.45) is 14.2. The Hall–Kier alpha value is -2.42. The van der Waals surface area contributed by atoms with E-state index in [4.69, 9.17) is 11.5 Å². The first-order valence-electron chi connectivity index (χ1n) is 8.41. The normalized spacial score (nSPS) is 11.9. The number of nitrogens with two attached hydrogens (primary N) is 2. The Bertz CT molecular complexity index is 615. The van der Waals surface area contributed by atoms with Gasteiger partial charge in [-0.15, -0.1) is 0 Å². The third-order valence-corrected chi connectivity index (χ3v) is 3.74. The molecule has 0 atom stereocenters. The van der Waals surface area contributed by atoms with E-state index < -0.39 is 0 Å². The van der Waals surface area contributed by atoms with Crippen LogP contribution in [0.15, 0.2) is 72.8 Å². The summed E-state index contributed by atoms with van der Waals surface area (Å²) < 4.78 is 0. The number of rotatable bonds is 8. The third-order valence-electron chi connectivity index (χ3n) is 3.74. The number of allylic oxidation sites excluding steroid dienone is 4. The van der Waals surface area contributed by atoms with E-state index >= 15 is 0 Å². The highest BCUT2D eigenvalue weighted by Gasteiger charge is 1.91. The molecule has 2 heteroatoms. The van der Waals surface area contributed by atoms with Crippen molar-refractivity contribution in [3.05, 3.63) is 95.1 Å². The van der Waals surface area contributed by atoms with E-state index in [-0.39, 0.29) is 0 Å². The van der Waals surface area contributed by atoms with Crippen LogP contribution in [0.2, 0.25) is 0 Å². The van der Waals surface area contributed by atoms with Gasteiger partial charge in [0.25, 0.3) is 0 Å². The molecule has 2 rings (SSSR count). The van der Waals surface area contributed by atoms with Crippen molar-refractivity contribution in [1.29, 1.82) is 0 Å². The molecule has 0 saturated carbocycles. The van der Waals surface area contributed by atoms with Gasteiger partial charge in [0.15, 0.2) is 0 Å². The van der Waals surface area contributed by atoms with Gasteiger partial charge in [0.1, 0.15) is 0 Å². The smallest absolute Gasteiger partial charge is 0.00367 e. The van der Waals surface area contributed by atoms with E-state index in [9.17, 15) is 0 Å². The Kier molecular flexibility index (Phi) is 7.75. The average molecular weight is 318 g/mol. The predicted molar refractivity (Wildman–Crippen MR) is 106 cm³/mol. The van der Waals surface area contributed by atoms with Crippen molar-refractivity contribution in [3.8, 4) is 0 Å². The van der Waals surface area contributed by atoms with Crippen LogP contribution in [0.3, 0.4) is 0 Å². The van der Waals surface area contributed by atoms with Crippen molar-refractivity contribution in [2.45, 2.75) is 12.8 Å². The topological polar surface area (TPSA) is 52.0 Å². The quantitative estimate of drug-likeness (QED) is 0.724. The van der Waals surface area contributed by atoms with Gasteiger partial charge in [0.2, 0.25) is 0 Å². The fourth-order valence-corrected chi connectivity index (χ4v) is 2.39. The van der Waals surface area contributed by atoms with E-state index in [1.807, 2.05) is 24.3 Å². The zero-order valence-electron chi connectivity index (χ0n) is 14.1. The maximum Gasteiger partial charge on any atom is -0.00367 e. The summed E-state index contributed by atoms with van der Waals surface area (Å²) in [7, 11) is 0. The Balaban J connectivity index is 1.82. The lowest BCUT2D eigenvalue weighted by atomic mass is 10.1. The summed E-state index contributed by atoms with van der Waals surface area (Å²) in [6, 6.07) is 17.0. The maximum atomic E-state index is 5.55. The first-order chi connectivity index (χ1) is 11.8. The Morgan fingerprint density at radius 1 is 0.542 bits per heavy atom. The van der Waals surface area contributed by atoms with Crippen LogP contribution in [-0.2, 0) is 12.8 Å². The van der Waals surface area contributed by atoms with E-state index in [2.05, 4.69) is 60.7 Å². The molecular weight excluding hydrogens is 292 g/mol. The average Bonchev–Trinajstić information content (AvgIpc) is 2.61. The van der Waals surface area contributed by atoms with Gasteiger partial charge >= 0.3 is 0 Å². The van der Waals surface area contributed by atoms with Crippen molar-refractivity contribution < 1.29 is 0 Å². The van der Waals surface area contributed by atoms with Crippen LogP contribution in [-0.4, -0.2) is 13.1 Å². The van der Waals surface area contributed by atoms with Gasteiger partial charge in [-0.25, -0.2) is 0 Å². The summed E-state index contributed by atoms with van der Waals surface area (Å²) in [6.45, 7) is 1.39. The second kappa shape index (κ2) is 10.4. The third kappa shape index (κ3) is 6.37. The summed E-state index contributed by atoms with van der Waals surface area (Å²) in [5.74, 6) is 0. The van der Waals surface area contributed by atoms with Crippen molar-refractivity contribution in [2.75, 3.05) is 13.1 Å². The van der Waals surface area contributed by atoms with Crippen LogP contribution >= 0.6 is 0 Å². The summed E-state index contributed by atoms with van der Waals surface area (Å²) >= 11 is 0. The van der Waals surface area contributed by atoms with Gasteiger partial charge < -0.3 is 11.5 Å². The number of benzene rings is 2. The molecule has 0 saturated heterocycles. The second-order valence-electron chi connectivity index (χ2n) is 5.66. The van der Waals surface area contributed by atoms with Gasteiger partial charge in [-0.2, -0.15) is 0 Å². The molecule has 0 unspecified atom stereocenters. The van der Waals surface area contributed by atoms with Crippen molar-refractivity contribution in [1.82, 2.24) is 0 Å². The zero-order valence-corrected chi connectivity index (χ0v) is 14.1. The zero-order chi connectivity index (χ0) is 17.0. The molecule has 0 bridgehead atoms. The predicted octanol–water partition coefficient (Wildman–Crippen LogP) is 3.97. The maximum absolute atomic E-state index is 5.55. The molecule has 2 aromatic carbocycles. The lowest BCUT2D eigenvalue weighted by molar-refractivity contribution is 0.968. The monoisotopic (exact) mass is 318 g/mol. The largest absolute Gasteiger partial charge is 0.330 e. The fourth-order valence-electron chi connectivity index (χ4n) is 2.39. The molecule has 0 spiro atoms. The lowest BCUT2D eigenvalue weighted by Crippen LogP contribution is -2.02. The molecule has 124 valence electrons. The number of hydrogen-bond donors (Lipinski definition) is 2. The SMILES string of the molecule is NCCc1ccc(/C=C/C=C/C=C/c2ccc(CCN)cc2)cc1. The van der Waals surface area contributed by atoms with Gasteiger partial charge in [-0.05, 0) is 48.2 Å². The summed E-state index contributed by atoms with van der Waals surface area (Å²) in [5.41, 5.74) is 16.1. The highest BCUT2D eigenvalue weighted by molar-refractivity contribution is 5.54. The molecule has 0 heterocycles. The Labute approximate surface area is 145 Å². The molecule has 2 nitrogen and oxygen atoms in total. The van der Waals surface area contributed by atoms with Gasteiger partial charge in [-0.1, -0.05) is 85.0 Å². The molecule has 0 fully saturated rings. The molecular formula is C22H26N2. The Morgan fingerprint density at radius 3 is 1.25 bits per heavy atom. The molecule has 0 aliphatic carbocycles. The summed E-state index contributed by atoms with van der Waals surface area (Å²) in [5, 5.41) is 0. The molecule has 4 N–H and O–H groups in total. The van der Waals surface area contributed by atoms with Crippen LogP contribution < -0.4 is 11.5 Å². The molecule has 0 aromatic heterocycles. The number of hydrogen-bond acceptors (Lipinski definition) is 2.